The van der Waals surface area contributed by atoms with Crippen molar-refractivity contribution < 1.29 is 8.78 Å². The number of allylic oxidation sites excluding steroid dienone is 2. The van der Waals surface area contributed by atoms with Gasteiger partial charge in [-0.25, -0.2) is 8.78 Å². The van der Waals surface area contributed by atoms with Gasteiger partial charge in [-0.05, 0) is 42.7 Å². The summed E-state index contributed by atoms with van der Waals surface area (Å²) in [4.78, 5) is 0. The second kappa shape index (κ2) is 7.14. The fourth-order valence-corrected chi connectivity index (χ4v) is 4.52. The molecule has 0 spiro atoms. The lowest BCUT2D eigenvalue weighted by molar-refractivity contribution is -0.0125. The Balaban J connectivity index is 1.71. The van der Waals surface area contributed by atoms with Crippen molar-refractivity contribution in [2.24, 2.45) is 0 Å². The first-order chi connectivity index (χ1) is 12.9. The number of benzene rings is 1. The molecule has 1 aromatic carbocycles. The van der Waals surface area contributed by atoms with E-state index in [1.54, 1.807) is 6.08 Å². The molecule has 0 aliphatic heterocycles. The van der Waals surface area contributed by atoms with E-state index < -0.39 is 5.92 Å². The molecule has 1 N–H and O–H groups in total. The Morgan fingerprint density at radius 1 is 1.30 bits per heavy atom. The van der Waals surface area contributed by atoms with Crippen LogP contribution in [0.15, 0.2) is 40.4 Å². The van der Waals surface area contributed by atoms with Gasteiger partial charge in [-0.15, -0.1) is 0 Å². The van der Waals surface area contributed by atoms with Gasteiger partial charge in [0, 0.05) is 59.2 Å². The third-order valence-corrected chi connectivity index (χ3v) is 6.19. The highest BCUT2D eigenvalue weighted by Gasteiger charge is 2.37. The minimum atomic E-state index is -2.62. The summed E-state index contributed by atoms with van der Waals surface area (Å²) in [7, 11) is 0. The number of fused-ring (bicyclic) bond motifs is 3. The molecule has 4 rings (SSSR count). The van der Waals surface area contributed by atoms with Crippen LogP contribution in [0.2, 0.25) is 0 Å². The summed E-state index contributed by atoms with van der Waals surface area (Å²) in [6.07, 6.45) is 5.56. The fourth-order valence-electron chi connectivity index (χ4n) is 4.14. The molecular formula is C21H22Cl2F2N2. The van der Waals surface area contributed by atoms with Crippen LogP contribution in [-0.4, -0.2) is 16.5 Å². The van der Waals surface area contributed by atoms with Crippen LogP contribution in [0.4, 0.5) is 14.5 Å². The Morgan fingerprint density at radius 3 is 2.85 bits per heavy atom. The molecule has 27 heavy (non-hydrogen) atoms. The third kappa shape index (κ3) is 3.62. The normalized spacial score (nSPS) is 21.6. The zero-order valence-electron chi connectivity index (χ0n) is 15.2. The Kier molecular flexibility index (Phi) is 4.98. The van der Waals surface area contributed by atoms with Crippen LogP contribution >= 0.6 is 23.2 Å². The van der Waals surface area contributed by atoms with E-state index in [-0.39, 0.29) is 18.9 Å². The molecule has 2 nitrogen and oxygen atoms in total. The van der Waals surface area contributed by atoms with E-state index in [0.717, 1.165) is 40.8 Å². The molecule has 2 aromatic rings. The van der Waals surface area contributed by atoms with Gasteiger partial charge in [0.05, 0.1) is 5.03 Å². The first-order valence-electron chi connectivity index (χ1n) is 9.38. The maximum absolute atomic E-state index is 14.1. The number of anilines is 1. The first kappa shape index (κ1) is 18.8. The van der Waals surface area contributed by atoms with Crippen LogP contribution in [0.5, 0.6) is 0 Å². The summed E-state index contributed by atoms with van der Waals surface area (Å²) >= 11 is 12.2. The number of hydrogen-bond donors (Lipinski definition) is 1. The summed E-state index contributed by atoms with van der Waals surface area (Å²) in [6, 6.07) is 6.09. The van der Waals surface area contributed by atoms with Crippen LogP contribution < -0.4 is 5.32 Å². The first-order valence-corrected chi connectivity index (χ1v) is 10.1. The quantitative estimate of drug-likeness (QED) is 0.600. The molecule has 0 fully saturated rings. The maximum atomic E-state index is 14.1. The van der Waals surface area contributed by atoms with Crippen LogP contribution in [0.3, 0.4) is 0 Å². The predicted octanol–water partition coefficient (Wildman–Crippen LogP) is 6.60. The predicted molar refractivity (Wildman–Crippen MR) is 109 cm³/mol. The molecule has 2 aliphatic rings. The summed E-state index contributed by atoms with van der Waals surface area (Å²) in [5, 5.41) is 5.56. The zero-order valence-corrected chi connectivity index (χ0v) is 16.7. The van der Waals surface area contributed by atoms with Gasteiger partial charge in [0.15, 0.2) is 0 Å². The summed E-state index contributed by atoms with van der Waals surface area (Å²) in [6.45, 7) is 2.97. The molecule has 0 amide bonds. The van der Waals surface area contributed by atoms with Crippen molar-refractivity contribution in [2.75, 3.05) is 5.32 Å². The van der Waals surface area contributed by atoms with Gasteiger partial charge in [0.1, 0.15) is 0 Å². The molecule has 2 aliphatic carbocycles. The number of halogens is 4. The number of hydrogen-bond acceptors (Lipinski definition) is 1. The van der Waals surface area contributed by atoms with E-state index in [1.807, 2.05) is 24.3 Å². The second-order valence-corrected chi connectivity index (χ2v) is 8.27. The Bertz CT molecular complexity index is 943. The standard InChI is InChI=1S/C21H22Cl2F2N2/c1-2-9-27-19-6-4-13(26-14-3-5-17(22)18(23)11-14)10-15(19)16-12-21(24,25)8-7-20(16)27/h3-6,10,14,26H,2,7-9,11-12H2,1H3. The lowest BCUT2D eigenvalue weighted by Gasteiger charge is -2.23. The lowest BCUT2D eigenvalue weighted by Crippen LogP contribution is -2.26. The minimum Gasteiger partial charge on any atom is -0.378 e. The molecule has 1 atom stereocenters. The molecule has 1 heterocycles. The van der Waals surface area contributed by atoms with Crippen LogP contribution in [-0.2, 0) is 19.4 Å². The van der Waals surface area contributed by atoms with Crippen LogP contribution in [0, 0.1) is 0 Å². The lowest BCUT2D eigenvalue weighted by atomic mass is 9.92. The minimum absolute atomic E-state index is 0.0347. The molecule has 0 bridgehead atoms. The number of nitrogens with zero attached hydrogens (tertiary/aromatic N) is 1. The monoisotopic (exact) mass is 410 g/mol. The Labute approximate surface area is 167 Å². The van der Waals surface area contributed by atoms with Crippen molar-refractivity contribution in [3.8, 4) is 0 Å². The van der Waals surface area contributed by atoms with E-state index in [2.05, 4.69) is 16.8 Å². The van der Waals surface area contributed by atoms with Gasteiger partial charge in [0.2, 0.25) is 0 Å². The highest BCUT2D eigenvalue weighted by molar-refractivity contribution is 6.40. The second-order valence-electron chi connectivity index (χ2n) is 7.41. The Morgan fingerprint density at radius 2 is 2.11 bits per heavy atom. The van der Waals surface area contributed by atoms with Crippen molar-refractivity contribution >= 4 is 39.8 Å². The number of aryl methyl sites for hydroxylation is 1. The molecule has 144 valence electrons. The van der Waals surface area contributed by atoms with Crippen molar-refractivity contribution in [2.45, 2.75) is 57.5 Å². The number of aromatic nitrogens is 1. The van der Waals surface area contributed by atoms with Gasteiger partial charge in [-0.1, -0.05) is 36.2 Å². The summed E-state index contributed by atoms with van der Waals surface area (Å²) < 4.78 is 30.4. The molecule has 1 unspecified atom stereocenters. The van der Waals surface area contributed by atoms with Crippen molar-refractivity contribution in [3.63, 3.8) is 0 Å². The largest absolute Gasteiger partial charge is 0.378 e. The van der Waals surface area contributed by atoms with Gasteiger partial charge >= 0.3 is 0 Å². The van der Waals surface area contributed by atoms with E-state index in [4.69, 9.17) is 23.2 Å². The van der Waals surface area contributed by atoms with Crippen molar-refractivity contribution in [3.05, 3.63) is 51.7 Å². The van der Waals surface area contributed by atoms with Crippen molar-refractivity contribution in [1.29, 1.82) is 0 Å². The summed E-state index contributed by atoms with van der Waals surface area (Å²) in [5.41, 5.74) is 3.83. The van der Waals surface area contributed by atoms with Gasteiger partial charge in [0.25, 0.3) is 5.92 Å². The van der Waals surface area contributed by atoms with Gasteiger partial charge < -0.3 is 9.88 Å². The molecular weight excluding hydrogens is 389 g/mol. The molecule has 0 saturated heterocycles. The summed E-state index contributed by atoms with van der Waals surface area (Å²) in [5.74, 6) is -2.62. The van der Waals surface area contributed by atoms with E-state index in [9.17, 15) is 8.78 Å². The van der Waals surface area contributed by atoms with Gasteiger partial charge in [-0.3, -0.25) is 0 Å². The fraction of sp³-hybridized carbons (Fsp3) is 0.429. The molecule has 1 aromatic heterocycles. The van der Waals surface area contributed by atoms with E-state index in [1.165, 1.54) is 0 Å². The third-order valence-electron chi connectivity index (χ3n) is 5.38. The molecule has 0 radical (unpaired) electrons. The highest BCUT2D eigenvalue weighted by Crippen LogP contribution is 2.40. The average Bonchev–Trinajstić information content (AvgIpc) is 2.90. The zero-order chi connectivity index (χ0) is 19.2. The molecule has 0 saturated carbocycles. The number of nitrogens with one attached hydrogen (secondary N) is 1. The smallest absolute Gasteiger partial charge is 0.252 e. The van der Waals surface area contributed by atoms with Crippen molar-refractivity contribution in [1.82, 2.24) is 4.57 Å². The maximum Gasteiger partial charge on any atom is 0.252 e. The van der Waals surface area contributed by atoms with Gasteiger partial charge in [-0.2, -0.15) is 0 Å². The highest BCUT2D eigenvalue weighted by atomic mass is 35.5. The molecule has 6 heteroatoms. The number of alkyl halides is 2. The van der Waals surface area contributed by atoms with E-state index >= 15 is 0 Å². The Hall–Kier alpha value is -1.52. The van der Waals surface area contributed by atoms with E-state index in [0.29, 0.717) is 22.9 Å². The SMILES string of the molecule is CCCn1c2c(c3cc(NC4C=CC(Cl)=C(Cl)C4)ccc31)CC(F)(F)CC2. The average molecular weight is 411 g/mol. The number of rotatable bonds is 4. The topological polar surface area (TPSA) is 17.0 Å². The van der Waals surface area contributed by atoms with Crippen LogP contribution in [0.25, 0.3) is 10.9 Å². The van der Waals surface area contributed by atoms with Crippen LogP contribution in [0.1, 0.15) is 37.4 Å².